The van der Waals surface area contributed by atoms with Gasteiger partial charge in [-0.15, -0.1) is 11.3 Å². The van der Waals surface area contributed by atoms with E-state index in [1.54, 1.807) is 13.1 Å². The quantitative estimate of drug-likeness (QED) is 0.494. The van der Waals surface area contributed by atoms with Crippen LogP contribution in [0.3, 0.4) is 0 Å². The maximum atomic E-state index is 13.9. The summed E-state index contributed by atoms with van der Waals surface area (Å²) in [6.45, 7) is -0.604. The van der Waals surface area contributed by atoms with E-state index in [0.717, 1.165) is 5.70 Å². The van der Waals surface area contributed by atoms with Crippen LogP contribution in [0.1, 0.15) is 48.6 Å². The van der Waals surface area contributed by atoms with Crippen molar-refractivity contribution in [3.63, 3.8) is 0 Å². The number of carbonyl (C=O) groups is 1. The predicted molar refractivity (Wildman–Crippen MR) is 127 cm³/mol. The number of amides is 1. The highest BCUT2D eigenvalue weighted by Gasteiger charge is 2.41. The van der Waals surface area contributed by atoms with Crippen LogP contribution in [-0.4, -0.2) is 44.0 Å². The first-order valence-electron chi connectivity index (χ1n) is 10.9. The van der Waals surface area contributed by atoms with Gasteiger partial charge in [0.05, 0.1) is 11.7 Å². The fourth-order valence-electron chi connectivity index (χ4n) is 4.38. The number of carbonyl (C=O) groups excluding carboxylic acids is 1. The Kier molecular flexibility index (Phi) is 6.37. The first kappa shape index (κ1) is 23.6. The summed E-state index contributed by atoms with van der Waals surface area (Å²) in [6.07, 6.45) is 3.63. The summed E-state index contributed by atoms with van der Waals surface area (Å²) < 4.78 is 41.2. The van der Waals surface area contributed by atoms with Gasteiger partial charge < -0.3 is 10.2 Å². The van der Waals surface area contributed by atoms with Crippen molar-refractivity contribution in [1.29, 1.82) is 0 Å². The molecule has 1 fully saturated rings. The number of rotatable bonds is 6. The minimum absolute atomic E-state index is 0.0927. The summed E-state index contributed by atoms with van der Waals surface area (Å²) in [5.41, 5.74) is 2.17. The molecule has 0 aliphatic carbocycles. The third-order valence-electron chi connectivity index (χ3n) is 5.91. The molecule has 3 aromatic rings. The van der Waals surface area contributed by atoms with Crippen molar-refractivity contribution in [2.24, 2.45) is 4.99 Å². The van der Waals surface area contributed by atoms with Crippen molar-refractivity contribution in [2.75, 3.05) is 6.54 Å². The highest BCUT2D eigenvalue weighted by Crippen LogP contribution is 2.46. The lowest BCUT2D eigenvalue weighted by Crippen LogP contribution is -2.39. The van der Waals surface area contributed by atoms with Gasteiger partial charge in [0, 0.05) is 59.0 Å². The lowest BCUT2D eigenvalue weighted by molar-refractivity contribution is -0.121. The molecular formula is C23H20ClF3N6OS. The van der Waals surface area contributed by atoms with E-state index >= 15 is 0 Å². The summed E-state index contributed by atoms with van der Waals surface area (Å²) in [7, 11) is 0. The van der Waals surface area contributed by atoms with Crippen molar-refractivity contribution in [1.82, 2.24) is 25.0 Å². The molecule has 2 aliphatic heterocycles. The van der Waals surface area contributed by atoms with Gasteiger partial charge in [-0.1, -0.05) is 24.6 Å². The highest BCUT2D eigenvalue weighted by molar-refractivity contribution is 7.11. The Bertz CT molecular complexity index is 1320. The third-order valence-corrected chi connectivity index (χ3v) is 7.01. The number of aliphatic imine (C=N–C) groups is 1. The molecule has 35 heavy (non-hydrogen) atoms. The lowest BCUT2D eigenvalue weighted by Gasteiger charge is -2.32. The van der Waals surface area contributed by atoms with Crippen LogP contribution >= 0.6 is 22.9 Å². The molecule has 2 aromatic heterocycles. The Balaban J connectivity index is 1.70. The van der Waals surface area contributed by atoms with Crippen LogP contribution in [0.5, 0.6) is 0 Å². The molecule has 7 nitrogen and oxygen atoms in total. The predicted octanol–water partition coefficient (Wildman–Crippen LogP) is 5.04. The molecular weight excluding hydrogens is 501 g/mol. The van der Waals surface area contributed by atoms with E-state index in [4.69, 9.17) is 16.6 Å². The van der Waals surface area contributed by atoms with E-state index < -0.39 is 18.4 Å². The topological polar surface area (TPSA) is 75.4 Å². The summed E-state index contributed by atoms with van der Waals surface area (Å²) in [5.74, 6) is -0.0183. The number of alkyl halides is 2. The maximum absolute atomic E-state index is 13.9. The second-order valence-electron chi connectivity index (χ2n) is 8.11. The molecule has 0 saturated carbocycles. The van der Waals surface area contributed by atoms with E-state index in [9.17, 15) is 18.0 Å². The standard InChI is InChI=1S/C23H20ClF3N6OS/c1-2-18(34)29-13-10-17-19(16-5-7-33(31-16)23(26)27)20(14-4-3-12(25)9-15(14)24)30-21(32(17)11-13)22-28-6-8-35-22/h3-9,13,20,23H,2,10-11H2,1H3,(H,29,34)/t13-,20-/m0/s1. The molecule has 182 valence electrons. The zero-order valence-corrected chi connectivity index (χ0v) is 20.0. The molecule has 5 rings (SSSR count). The van der Waals surface area contributed by atoms with Gasteiger partial charge in [-0.3, -0.25) is 9.79 Å². The van der Waals surface area contributed by atoms with Crippen LogP contribution in [0, 0.1) is 5.82 Å². The molecule has 1 amide bonds. The molecule has 4 heterocycles. The minimum Gasteiger partial charge on any atom is -0.351 e. The molecule has 1 aromatic carbocycles. The number of aromatic nitrogens is 3. The molecule has 1 saturated heterocycles. The van der Waals surface area contributed by atoms with Crippen molar-refractivity contribution in [2.45, 2.75) is 38.4 Å². The number of benzene rings is 1. The van der Waals surface area contributed by atoms with Crippen LogP contribution in [0.2, 0.25) is 5.02 Å². The number of halogens is 4. The number of hydrogen-bond acceptors (Lipinski definition) is 6. The van der Waals surface area contributed by atoms with Crippen molar-refractivity contribution in [3.05, 3.63) is 74.8 Å². The van der Waals surface area contributed by atoms with Gasteiger partial charge in [0.15, 0.2) is 10.8 Å². The van der Waals surface area contributed by atoms with Gasteiger partial charge in [-0.25, -0.2) is 14.1 Å². The van der Waals surface area contributed by atoms with E-state index in [2.05, 4.69) is 15.4 Å². The number of amidine groups is 1. The first-order chi connectivity index (χ1) is 16.9. The van der Waals surface area contributed by atoms with Crippen LogP contribution < -0.4 is 5.32 Å². The maximum Gasteiger partial charge on any atom is 0.333 e. The van der Waals surface area contributed by atoms with Crippen LogP contribution in [-0.2, 0) is 4.79 Å². The van der Waals surface area contributed by atoms with Crippen molar-refractivity contribution in [3.8, 4) is 0 Å². The molecule has 0 radical (unpaired) electrons. The third kappa shape index (κ3) is 4.45. The SMILES string of the molecule is CCC(=O)N[C@H]1CC2=C(c3ccn(C(F)F)n3)[C@H](c3ccc(F)cc3Cl)N=C(c3nccs3)N2C1. The molecule has 2 atom stereocenters. The normalized spacial score (nSPS) is 19.8. The smallest absolute Gasteiger partial charge is 0.333 e. The first-order valence-corrected chi connectivity index (χ1v) is 12.2. The van der Waals surface area contributed by atoms with Gasteiger partial charge in [0.1, 0.15) is 11.9 Å². The fourth-order valence-corrected chi connectivity index (χ4v) is 5.29. The molecule has 0 unspecified atom stereocenters. The zero-order valence-electron chi connectivity index (χ0n) is 18.5. The number of nitrogens with zero attached hydrogens (tertiary/aromatic N) is 5. The number of thiazole rings is 1. The lowest BCUT2D eigenvalue weighted by atomic mass is 9.92. The number of hydrogen-bond donors (Lipinski definition) is 1. The molecule has 0 bridgehead atoms. The Morgan fingerprint density at radius 3 is 2.83 bits per heavy atom. The van der Waals surface area contributed by atoms with Gasteiger partial charge in [-0.2, -0.15) is 13.9 Å². The molecule has 1 N–H and O–H groups in total. The van der Waals surface area contributed by atoms with E-state index in [-0.39, 0.29) is 17.0 Å². The van der Waals surface area contributed by atoms with Crippen molar-refractivity contribution >= 4 is 40.3 Å². The molecule has 12 heteroatoms. The number of nitrogens with one attached hydrogen (secondary N) is 1. The molecule has 0 spiro atoms. The Hall–Kier alpha value is -3.18. The van der Waals surface area contributed by atoms with Crippen LogP contribution in [0.15, 0.2) is 52.7 Å². The summed E-state index contributed by atoms with van der Waals surface area (Å²) in [6, 6.07) is 4.55. The van der Waals surface area contributed by atoms with E-state index in [0.29, 0.717) is 51.7 Å². The van der Waals surface area contributed by atoms with Gasteiger partial charge in [0.2, 0.25) is 5.91 Å². The Morgan fingerprint density at radius 1 is 1.34 bits per heavy atom. The fraction of sp³-hybridized carbons (Fsp3) is 0.304. The van der Waals surface area contributed by atoms with Gasteiger partial charge in [0.25, 0.3) is 0 Å². The molecule has 2 aliphatic rings. The monoisotopic (exact) mass is 520 g/mol. The van der Waals surface area contributed by atoms with Gasteiger partial charge >= 0.3 is 6.55 Å². The Morgan fingerprint density at radius 2 is 2.17 bits per heavy atom. The summed E-state index contributed by atoms with van der Waals surface area (Å²) in [4.78, 5) is 23.5. The largest absolute Gasteiger partial charge is 0.351 e. The second-order valence-corrected chi connectivity index (χ2v) is 9.41. The Labute approximate surface area is 207 Å². The average molecular weight is 521 g/mol. The minimum atomic E-state index is -2.81. The van der Waals surface area contributed by atoms with Gasteiger partial charge in [-0.05, 0) is 18.2 Å². The van der Waals surface area contributed by atoms with E-state index in [1.165, 1.54) is 41.8 Å². The second kappa shape index (κ2) is 9.46. The van der Waals surface area contributed by atoms with Crippen LogP contribution in [0.25, 0.3) is 5.57 Å². The van der Waals surface area contributed by atoms with Crippen molar-refractivity contribution < 1.29 is 18.0 Å². The summed E-state index contributed by atoms with van der Waals surface area (Å²) >= 11 is 7.84. The van der Waals surface area contributed by atoms with E-state index in [1.807, 2.05) is 10.3 Å². The average Bonchev–Trinajstić information content (AvgIpc) is 3.58. The highest BCUT2D eigenvalue weighted by atomic mass is 35.5. The summed E-state index contributed by atoms with van der Waals surface area (Å²) in [5, 5.41) is 9.76. The van der Waals surface area contributed by atoms with Crippen LogP contribution in [0.4, 0.5) is 13.2 Å². The zero-order chi connectivity index (χ0) is 24.7. The number of fused-ring (bicyclic) bond motifs is 1.